The molecule has 0 spiro atoms. The number of hydrogen-bond donors (Lipinski definition) is 0. The Kier molecular flexibility index (Phi) is 4.97. The van der Waals surface area contributed by atoms with E-state index < -0.39 is 9.76 Å². The van der Waals surface area contributed by atoms with Gasteiger partial charge in [0.2, 0.25) is 3.79 Å². The minimum atomic E-state index is -1.59. The van der Waals surface area contributed by atoms with Gasteiger partial charge in [0.05, 0.1) is 13.4 Å². The molecule has 16 heavy (non-hydrogen) atoms. The van der Waals surface area contributed by atoms with Gasteiger partial charge in [-0.25, -0.2) is 4.79 Å². The molecule has 0 fully saturated rings. The summed E-state index contributed by atoms with van der Waals surface area (Å²) in [7, 11) is 5.42. The normalized spacial score (nSPS) is 11.2. The molecule has 84 valence electrons. The Morgan fingerprint density at radius 2 is 1.81 bits per heavy atom. The number of hydrogen-bond acceptors (Lipinski definition) is 2. The molecular formula is C10H8BCl3O2. The number of carbonyl (C=O) groups excluding carboxylic acids is 1. The zero-order valence-corrected chi connectivity index (χ0v) is 10.5. The number of rotatable bonds is 3. The number of halogens is 3. The summed E-state index contributed by atoms with van der Waals surface area (Å²) in [6.45, 7) is -0.283. The molecule has 0 aliphatic heterocycles. The number of esters is 1. The van der Waals surface area contributed by atoms with Crippen LogP contribution in [0.4, 0.5) is 0 Å². The molecule has 0 bridgehead atoms. The fraction of sp³-hybridized carbons (Fsp3) is 0.300. The summed E-state index contributed by atoms with van der Waals surface area (Å²) in [5, 5.41) is 0. The Labute approximate surface area is 110 Å². The molecule has 2 radical (unpaired) electrons. The van der Waals surface area contributed by atoms with Crippen LogP contribution in [-0.4, -0.2) is 24.2 Å². The highest BCUT2D eigenvalue weighted by Gasteiger charge is 2.22. The van der Waals surface area contributed by atoms with Gasteiger partial charge in [0.25, 0.3) is 0 Å². The van der Waals surface area contributed by atoms with Crippen molar-refractivity contribution in [2.24, 2.45) is 0 Å². The van der Waals surface area contributed by atoms with Crippen LogP contribution in [0, 0.1) is 0 Å². The van der Waals surface area contributed by atoms with E-state index >= 15 is 0 Å². The van der Waals surface area contributed by atoms with Crippen molar-refractivity contribution in [3.63, 3.8) is 0 Å². The summed E-state index contributed by atoms with van der Waals surface area (Å²) in [6, 6.07) is 6.71. The lowest BCUT2D eigenvalue weighted by Gasteiger charge is -2.11. The molecule has 0 aromatic heterocycles. The maximum absolute atomic E-state index is 11.5. The van der Waals surface area contributed by atoms with Crippen molar-refractivity contribution in [2.75, 3.05) is 6.61 Å². The fourth-order valence-corrected chi connectivity index (χ4v) is 1.17. The lowest BCUT2D eigenvalue weighted by Crippen LogP contribution is -2.17. The third-order valence-electron chi connectivity index (χ3n) is 1.79. The maximum atomic E-state index is 11.5. The van der Waals surface area contributed by atoms with Crippen molar-refractivity contribution in [3.8, 4) is 0 Å². The first kappa shape index (κ1) is 13.7. The summed E-state index contributed by atoms with van der Waals surface area (Å²) >= 11 is 16.3. The average Bonchev–Trinajstić information content (AvgIpc) is 2.25. The largest absolute Gasteiger partial charge is 0.458 e. The van der Waals surface area contributed by atoms with Crippen LogP contribution in [0.3, 0.4) is 0 Å². The quantitative estimate of drug-likeness (QED) is 0.482. The van der Waals surface area contributed by atoms with E-state index in [0.717, 1.165) is 5.56 Å². The minimum absolute atomic E-state index is 0.283. The van der Waals surface area contributed by atoms with E-state index in [1.165, 1.54) is 0 Å². The standard InChI is InChI=1S/C10H8BCl3O2/c11-5-7-1-3-8(4-2-7)9(15)16-6-10(12,13)14/h1-4H,5-6H2. The SMILES string of the molecule is [B]Cc1ccc(C(=O)OCC(Cl)(Cl)Cl)cc1. The van der Waals surface area contributed by atoms with Crippen LogP contribution in [0.1, 0.15) is 15.9 Å². The molecule has 0 amide bonds. The van der Waals surface area contributed by atoms with Gasteiger partial charge >= 0.3 is 5.97 Å². The first-order valence-corrected chi connectivity index (χ1v) is 5.58. The molecule has 1 aromatic carbocycles. The van der Waals surface area contributed by atoms with Gasteiger partial charge in [-0.15, -0.1) is 0 Å². The van der Waals surface area contributed by atoms with Crippen molar-refractivity contribution in [3.05, 3.63) is 35.4 Å². The van der Waals surface area contributed by atoms with Crippen molar-refractivity contribution < 1.29 is 9.53 Å². The Balaban J connectivity index is 2.59. The molecule has 0 saturated carbocycles. The average molecular weight is 277 g/mol. The molecule has 6 heteroatoms. The van der Waals surface area contributed by atoms with Crippen molar-refractivity contribution >= 4 is 48.6 Å². The van der Waals surface area contributed by atoms with E-state index in [0.29, 0.717) is 11.9 Å². The third-order valence-corrected chi connectivity index (χ3v) is 2.12. The van der Waals surface area contributed by atoms with Gasteiger partial charge in [-0.3, -0.25) is 0 Å². The van der Waals surface area contributed by atoms with Gasteiger partial charge in [-0.2, -0.15) is 0 Å². The summed E-state index contributed by atoms with van der Waals surface area (Å²) < 4.78 is 3.21. The van der Waals surface area contributed by atoms with Crippen LogP contribution >= 0.6 is 34.8 Å². The Hall–Kier alpha value is -0.375. The van der Waals surface area contributed by atoms with Gasteiger partial charge in [0.1, 0.15) is 6.61 Å². The zero-order chi connectivity index (χ0) is 12.2. The number of alkyl halides is 3. The molecule has 1 rings (SSSR count). The maximum Gasteiger partial charge on any atom is 0.338 e. The summed E-state index contributed by atoms with van der Waals surface area (Å²) in [5.74, 6) is -0.533. The van der Waals surface area contributed by atoms with Crippen molar-refractivity contribution in [1.82, 2.24) is 0 Å². The van der Waals surface area contributed by atoms with Gasteiger partial charge in [0, 0.05) is 0 Å². The Bertz CT molecular complexity index is 359. The number of benzene rings is 1. The minimum Gasteiger partial charge on any atom is -0.458 e. The van der Waals surface area contributed by atoms with E-state index in [1.54, 1.807) is 24.3 Å². The molecule has 0 atom stereocenters. The van der Waals surface area contributed by atoms with Crippen LogP contribution in [0.15, 0.2) is 24.3 Å². The second-order valence-corrected chi connectivity index (χ2v) is 5.61. The lowest BCUT2D eigenvalue weighted by atomic mass is 9.96. The van der Waals surface area contributed by atoms with E-state index in [4.69, 9.17) is 47.4 Å². The van der Waals surface area contributed by atoms with E-state index in [2.05, 4.69) is 0 Å². The second-order valence-electron chi connectivity index (χ2n) is 3.09. The molecule has 0 aliphatic carbocycles. The van der Waals surface area contributed by atoms with Crippen LogP contribution in [0.2, 0.25) is 0 Å². The van der Waals surface area contributed by atoms with Crippen molar-refractivity contribution in [1.29, 1.82) is 0 Å². The summed E-state index contributed by atoms with van der Waals surface area (Å²) in [6.07, 6.45) is 0.420. The van der Waals surface area contributed by atoms with Gasteiger partial charge < -0.3 is 4.74 Å². The molecule has 0 N–H and O–H groups in total. The fourth-order valence-electron chi connectivity index (χ4n) is 1.01. The molecule has 1 aromatic rings. The first-order valence-electron chi connectivity index (χ1n) is 4.45. The predicted octanol–water partition coefficient (Wildman–Crippen LogP) is 2.88. The Morgan fingerprint density at radius 1 is 1.25 bits per heavy atom. The lowest BCUT2D eigenvalue weighted by molar-refractivity contribution is 0.0512. The smallest absolute Gasteiger partial charge is 0.338 e. The monoisotopic (exact) mass is 276 g/mol. The molecule has 0 heterocycles. The predicted molar refractivity (Wildman–Crippen MR) is 66.5 cm³/mol. The van der Waals surface area contributed by atoms with Crippen LogP contribution in [0.25, 0.3) is 0 Å². The third kappa shape index (κ3) is 4.64. The molecule has 0 aliphatic rings. The highest BCUT2D eigenvalue weighted by atomic mass is 35.6. The molecule has 0 unspecified atom stereocenters. The van der Waals surface area contributed by atoms with E-state index in [9.17, 15) is 4.79 Å². The van der Waals surface area contributed by atoms with Crippen molar-refractivity contribution in [2.45, 2.75) is 10.1 Å². The molecular weight excluding hydrogens is 269 g/mol. The highest BCUT2D eigenvalue weighted by molar-refractivity contribution is 6.67. The van der Waals surface area contributed by atoms with Gasteiger partial charge in [0.15, 0.2) is 0 Å². The van der Waals surface area contributed by atoms with Crippen LogP contribution < -0.4 is 0 Å². The van der Waals surface area contributed by atoms with E-state index in [-0.39, 0.29) is 6.61 Å². The van der Waals surface area contributed by atoms with Gasteiger partial charge in [-0.05, 0) is 12.1 Å². The summed E-state index contributed by atoms with van der Waals surface area (Å²) in [5.41, 5.74) is 1.32. The Morgan fingerprint density at radius 3 is 2.25 bits per heavy atom. The second kappa shape index (κ2) is 5.81. The van der Waals surface area contributed by atoms with Crippen LogP contribution in [-0.2, 0) is 11.1 Å². The zero-order valence-electron chi connectivity index (χ0n) is 8.25. The van der Waals surface area contributed by atoms with E-state index in [1.807, 2.05) is 0 Å². The summed E-state index contributed by atoms with van der Waals surface area (Å²) in [4.78, 5) is 11.5. The topological polar surface area (TPSA) is 26.3 Å². The molecule has 0 saturated heterocycles. The first-order chi connectivity index (χ1) is 7.42. The van der Waals surface area contributed by atoms with Gasteiger partial charge in [-0.1, -0.05) is 58.8 Å². The number of carbonyl (C=O) groups is 1. The molecule has 2 nitrogen and oxygen atoms in total. The van der Waals surface area contributed by atoms with Crippen LogP contribution in [0.5, 0.6) is 0 Å². The number of ether oxygens (including phenoxy) is 1. The highest BCUT2D eigenvalue weighted by Crippen LogP contribution is 2.26.